The normalized spacial score (nSPS) is 10.4. The first-order valence-electron chi connectivity index (χ1n) is 7.69. The number of nitrogens with zero attached hydrogens (tertiary/aromatic N) is 2. The van der Waals surface area contributed by atoms with Crippen LogP contribution in [0.4, 0.5) is 10.8 Å². The lowest BCUT2D eigenvalue weighted by atomic mass is 10.1. The maximum atomic E-state index is 12.5. The SMILES string of the molecule is CC(=O)c1sc(NC(=O)c2cc([N+](=O)[O-])ccc2Cl)nc1-c1ccccc1. The van der Waals surface area contributed by atoms with Crippen molar-refractivity contribution in [2.75, 3.05) is 5.32 Å². The highest BCUT2D eigenvalue weighted by Gasteiger charge is 2.20. The maximum absolute atomic E-state index is 12.5. The number of carbonyl (C=O) groups is 2. The van der Waals surface area contributed by atoms with Gasteiger partial charge in [0, 0.05) is 24.6 Å². The first-order valence-corrected chi connectivity index (χ1v) is 8.88. The molecule has 1 N–H and O–H groups in total. The van der Waals surface area contributed by atoms with Crippen molar-refractivity contribution in [3.63, 3.8) is 0 Å². The van der Waals surface area contributed by atoms with Crippen LogP contribution in [-0.4, -0.2) is 21.6 Å². The van der Waals surface area contributed by atoms with Gasteiger partial charge in [0.25, 0.3) is 11.6 Å². The Bertz CT molecular complexity index is 1050. The molecule has 0 fully saturated rings. The smallest absolute Gasteiger partial charge is 0.270 e. The van der Waals surface area contributed by atoms with Crippen LogP contribution in [0.5, 0.6) is 0 Å². The number of Topliss-reactive ketones (excluding diaryl/α,β-unsaturated/α-hetero) is 1. The number of nitro benzene ring substituents is 1. The van der Waals surface area contributed by atoms with Crippen molar-refractivity contribution in [1.29, 1.82) is 0 Å². The van der Waals surface area contributed by atoms with Crippen LogP contribution in [0.3, 0.4) is 0 Å². The summed E-state index contributed by atoms with van der Waals surface area (Å²) in [7, 11) is 0. The topological polar surface area (TPSA) is 102 Å². The zero-order chi connectivity index (χ0) is 19.6. The molecule has 2 aromatic carbocycles. The van der Waals surface area contributed by atoms with Crippen LogP contribution < -0.4 is 5.32 Å². The minimum Gasteiger partial charge on any atom is -0.298 e. The Balaban J connectivity index is 1.95. The van der Waals surface area contributed by atoms with Gasteiger partial charge in [-0.1, -0.05) is 53.3 Å². The third-order valence-electron chi connectivity index (χ3n) is 3.62. The van der Waals surface area contributed by atoms with Gasteiger partial charge in [-0.2, -0.15) is 0 Å². The molecule has 0 aliphatic rings. The number of rotatable bonds is 5. The molecule has 0 aliphatic heterocycles. The third kappa shape index (κ3) is 4.02. The zero-order valence-corrected chi connectivity index (χ0v) is 15.5. The number of hydrogen-bond acceptors (Lipinski definition) is 6. The van der Waals surface area contributed by atoms with Crippen molar-refractivity contribution in [1.82, 2.24) is 4.98 Å². The van der Waals surface area contributed by atoms with Crippen LogP contribution >= 0.6 is 22.9 Å². The van der Waals surface area contributed by atoms with Gasteiger partial charge in [-0.15, -0.1) is 0 Å². The summed E-state index contributed by atoms with van der Waals surface area (Å²) in [6.07, 6.45) is 0. The Morgan fingerprint density at radius 3 is 2.52 bits per heavy atom. The van der Waals surface area contributed by atoms with E-state index in [2.05, 4.69) is 10.3 Å². The summed E-state index contributed by atoms with van der Waals surface area (Å²) in [4.78, 5) is 39.5. The highest BCUT2D eigenvalue weighted by atomic mass is 35.5. The Morgan fingerprint density at radius 1 is 1.19 bits per heavy atom. The maximum Gasteiger partial charge on any atom is 0.270 e. The minimum absolute atomic E-state index is 0.0493. The number of hydrogen-bond donors (Lipinski definition) is 1. The predicted octanol–water partition coefficient (Wildman–Crippen LogP) is 4.83. The number of aromatic nitrogens is 1. The molecule has 1 heterocycles. The summed E-state index contributed by atoms with van der Waals surface area (Å²) in [5.41, 5.74) is 0.908. The third-order valence-corrected chi connectivity index (χ3v) is 5.02. The Kier molecular flexibility index (Phi) is 5.29. The molecular weight excluding hydrogens is 390 g/mol. The second-order valence-corrected chi connectivity index (χ2v) is 6.90. The Labute approximate surface area is 162 Å². The number of nitrogens with one attached hydrogen (secondary N) is 1. The second-order valence-electron chi connectivity index (χ2n) is 5.49. The molecule has 1 aromatic heterocycles. The summed E-state index contributed by atoms with van der Waals surface area (Å²) in [6, 6.07) is 12.7. The van der Waals surface area contributed by atoms with E-state index in [1.54, 1.807) is 0 Å². The molecule has 0 unspecified atom stereocenters. The molecule has 0 bridgehead atoms. The highest BCUT2D eigenvalue weighted by Crippen LogP contribution is 2.32. The number of amides is 1. The number of nitro groups is 1. The molecular formula is C18H12ClN3O4S. The van der Waals surface area contributed by atoms with E-state index in [4.69, 9.17) is 11.6 Å². The fourth-order valence-corrected chi connectivity index (χ4v) is 3.45. The molecule has 27 heavy (non-hydrogen) atoms. The summed E-state index contributed by atoms with van der Waals surface area (Å²) in [5, 5.41) is 13.7. The zero-order valence-electron chi connectivity index (χ0n) is 13.9. The molecule has 0 aliphatic carbocycles. The van der Waals surface area contributed by atoms with Gasteiger partial charge in [-0.25, -0.2) is 4.98 Å². The van der Waals surface area contributed by atoms with E-state index in [-0.39, 0.29) is 27.2 Å². The Morgan fingerprint density at radius 2 is 1.89 bits per heavy atom. The lowest BCUT2D eigenvalue weighted by Crippen LogP contribution is -2.12. The van der Waals surface area contributed by atoms with Gasteiger partial charge in [-0.3, -0.25) is 25.0 Å². The molecule has 0 saturated heterocycles. The van der Waals surface area contributed by atoms with Crippen molar-refractivity contribution in [2.45, 2.75) is 6.92 Å². The highest BCUT2D eigenvalue weighted by molar-refractivity contribution is 7.18. The molecule has 0 spiro atoms. The number of thiazole rings is 1. The summed E-state index contributed by atoms with van der Waals surface area (Å²) >= 11 is 7.02. The minimum atomic E-state index is -0.646. The molecule has 0 saturated carbocycles. The lowest BCUT2D eigenvalue weighted by Gasteiger charge is -2.04. The average molecular weight is 402 g/mol. The predicted molar refractivity (Wildman–Crippen MR) is 104 cm³/mol. The number of benzene rings is 2. The summed E-state index contributed by atoms with van der Waals surface area (Å²) in [5.74, 6) is -0.826. The first-order chi connectivity index (χ1) is 12.9. The van der Waals surface area contributed by atoms with Crippen LogP contribution in [-0.2, 0) is 0 Å². The molecule has 3 rings (SSSR count). The first kappa shape index (κ1) is 18.7. The summed E-state index contributed by atoms with van der Waals surface area (Å²) in [6.45, 7) is 1.42. The number of carbonyl (C=O) groups excluding carboxylic acids is 2. The van der Waals surface area contributed by atoms with E-state index < -0.39 is 10.8 Å². The van der Waals surface area contributed by atoms with E-state index in [0.29, 0.717) is 10.6 Å². The molecule has 0 radical (unpaired) electrons. The molecule has 0 atom stereocenters. The second kappa shape index (κ2) is 7.65. The number of non-ortho nitro benzene ring substituents is 1. The van der Waals surface area contributed by atoms with E-state index in [0.717, 1.165) is 23.0 Å². The molecule has 1 amide bonds. The van der Waals surface area contributed by atoms with Crippen molar-refractivity contribution < 1.29 is 14.5 Å². The lowest BCUT2D eigenvalue weighted by molar-refractivity contribution is -0.384. The fourth-order valence-electron chi connectivity index (χ4n) is 2.37. The van der Waals surface area contributed by atoms with E-state index >= 15 is 0 Å². The standard InChI is InChI=1S/C18H12ClN3O4S/c1-10(23)16-15(11-5-3-2-4-6-11)20-18(27-16)21-17(24)13-9-12(22(25)26)7-8-14(13)19/h2-9H,1H3,(H,20,21,24). The van der Waals surface area contributed by atoms with Gasteiger partial charge in [0.05, 0.1) is 26.1 Å². The van der Waals surface area contributed by atoms with Crippen LogP contribution in [0.1, 0.15) is 27.0 Å². The van der Waals surface area contributed by atoms with Gasteiger partial charge in [0.2, 0.25) is 0 Å². The van der Waals surface area contributed by atoms with Crippen molar-refractivity contribution in [2.24, 2.45) is 0 Å². The molecule has 136 valence electrons. The Hall–Kier alpha value is -3.10. The molecule has 9 heteroatoms. The quantitative estimate of drug-likeness (QED) is 0.375. The van der Waals surface area contributed by atoms with Gasteiger partial charge in [-0.05, 0) is 6.07 Å². The van der Waals surface area contributed by atoms with E-state index in [1.807, 2.05) is 30.3 Å². The van der Waals surface area contributed by atoms with Crippen LogP contribution in [0, 0.1) is 10.1 Å². The number of halogens is 1. The van der Waals surface area contributed by atoms with Crippen molar-refractivity contribution in [3.05, 3.63) is 74.1 Å². The van der Waals surface area contributed by atoms with Crippen molar-refractivity contribution in [3.8, 4) is 11.3 Å². The fraction of sp³-hybridized carbons (Fsp3) is 0.0556. The largest absolute Gasteiger partial charge is 0.298 e. The number of anilines is 1. The van der Waals surface area contributed by atoms with Gasteiger partial charge in [0.1, 0.15) is 0 Å². The van der Waals surface area contributed by atoms with Gasteiger partial charge in [0.15, 0.2) is 10.9 Å². The van der Waals surface area contributed by atoms with Crippen LogP contribution in [0.25, 0.3) is 11.3 Å². The molecule has 3 aromatic rings. The van der Waals surface area contributed by atoms with E-state index in [9.17, 15) is 19.7 Å². The van der Waals surface area contributed by atoms with Gasteiger partial charge >= 0.3 is 0 Å². The number of ketones is 1. The van der Waals surface area contributed by atoms with Gasteiger partial charge < -0.3 is 0 Å². The molecule has 7 nitrogen and oxygen atoms in total. The average Bonchev–Trinajstić information content (AvgIpc) is 3.06. The van der Waals surface area contributed by atoms with Crippen LogP contribution in [0.2, 0.25) is 5.02 Å². The monoisotopic (exact) mass is 401 g/mol. The van der Waals surface area contributed by atoms with E-state index in [1.165, 1.54) is 19.1 Å². The van der Waals surface area contributed by atoms with Crippen LogP contribution in [0.15, 0.2) is 48.5 Å². The summed E-state index contributed by atoms with van der Waals surface area (Å²) < 4.78 is 0. The van der Waals surface area contributed by atoms with Crippen molar-refractivity contribution >= 4 is 45.4 Å².